The Hall–Kier alpha value is -2.51. The van der Waals surface area contributed by atoms with Crippen molar-refractivity contribution in [3.05, 3.63) is 79.2 Å². The molecule has 0 amide bonds. The van der Waals surface area contributed by atoms with Gasteiger partial charge in [-0.15, -0.1) is 0 Å². The summed E-state index contributed by atoms with van der Waals surface area (Å²) in [5.41, 5.74) is 1.83. The van der Waals surface area contributed by atoms with Crippen LogP contribution in [-0.2, 0) is 16.8 Å². The first-order chi connectivity index (χ1) is 21.9. The molecule has 1 spiro atoms. The van der Waals surface area contributed by atoms with Crippen LogP contribution < -0.4 is 4.74 Å². The van der Waals surface area contributed by atoms with E-state index >= 15 is 0 Å². The summed E-state index contributed by atoms with van der Waals surface area (Å²) in [6.45, 7) is 2.27. The van der Waals surface area contributed by atoms with Crippen molar-refractivity contribution in [2.45, 2.75) is 122 Å². The first-order valence-corrected chi connectivity index (χ1v) is 18.6. The first kappa shape index (κ1) is 33.8. The van der Waals surface area contributed by atoms with Gasteiger partial charge in [0.25, 0.3) is 0 Å². The molecule has 0 aliphatic carbocycles. The van der Waals surface area contributed by atoms with Crippen LogP contribution in [0.5, 0.6) is 23.0 Å². The Balaban J connectivity index is 1.21. The Labute approximate surface area is 285 Å². The number of hydrogen-bond donors (Lipinski definition) is 2. The van der Waals surface area contributed by atoms with Crippen molar-refractivity contribution in [3.63, 3.8) is 0 Å². The summed E-state index contributed by atoms with van der Waals surface area (Å²) in [6.07, 6.45) is 21.3. The second-order valence-electron chi connectivity index (χ2n) is 12.6. The molecule has 0 aromatic heterocycles. The fourth-order valence-electron chi connectivity index (χ4n) is 6.95. The Morgan fingerprint density at radius 3 is 1.91 bits per heavy atom. The summed E-state index contributed by atoms with van der Waals surface area (Å²) in [5.74, 6) is 0.593. The van der Waals surface area contributed by atoms with Crippen molar-refractivity contribution in [1.82, 2.24) is 0 Å². The van der Waals surface area contributed by atoms with Gasteiger partial charge in [-0.1, -0.05) is 121 Å². The molecule has 2 aliphatic heterocycles. The fraction of sp³-hybridized carbons (Fsp3) is 0.500. The summed E-state index contributed by atoms with van der Waals surface area (Å²) in [5, 5.41) is 21.7. The van der Waals surface area contributed by atoms with Crippen LogP contribution in [0.25, 0.3) is 0 Å². The van der Waals surface area contributed by atoms with Gasteiger partial charge in [-0.3, -0.25) is 0 Å². The zero-order chi connectivity index (χ0) is 31.8. The second-order valence-corrected chi connectivity index (χ2v) is 14.2. The monoisotopic (exact) mass is 740 g/mol. The lowest BCUT2D eigenvalue weighted by atomic mass is 9.76. The van der Waals surface area contributed by atoms with Crippen LogP contribution in [0.4, 0.5) is 0 Å². The van der Waals surface area contributed by atoms with Crippen LogP contribution >= 0.6 is 31.9 Å². The maximum atomic E-state index is 13.2. The minimum Gasteiger partial charge on any atom is -0.508 e. The number of hydrogen-bond acceptors (Lipinski definition) is 5. The number of aromatic hydroxyl groups is 2. The van der Waals surface area contributed by atoms with E-state index in [0.717, 1.165) is 19.3 Å². The lowest BCUT2D eigenvalue weighted by Gasteiger charge is -2.38. The van der Waals surface area contributed by atoms with E-state index in [2.05, 4.69) is 38.8 Å². The van der Waals surface area contributed by atoms with Gasteiger partial charge >= 0.3 is 5.97 Å². The number of phenolic OH excluding ortho intramolecular Hbond substituents is 2. The van der Waals surface area contributed by atoms with Gasteiger partial charge in [0.05, 0.1) is 15.6 Å². The average molecular weight is 743 g/mol. The lowest BCUT2D eigenvalue weighted by molar-refractivity contribution is 0.0221. The van der Waals surface area contributed by atoms with Gasteiger partial charge in [-0.2, -0.15) is 0 Å². The standard InChI is InChI=1S/C38H46Br2O5/c1-2-3-4-5-6-7-8-9-10-11-12-13-14-15-16-17-21-28-35(42)34(40)33(39)32-36(28)44-31-25-26(41)23-24-30(31)38(32)29-22-19-18-20-27(29)37(43)45-38/h18-20,22-25,41-42H,2-17,21H2,1H3. The molecule has 45 heavy (non-hydrogen) atoms. The Morgan fingerprint density at radius 1 is 0.711 bits per heavy atom. The molecule has 3 aromatic carbocycles. The number of carbonyl (C=O) groups excluding carboxylic acids is 1. The maximum absolute atomic E-state index is 13.2. The van der Waals surface area contributed by atoms with Gasteiger partial charge < -0.3 is 19.7 Å². The number of rotatable bonds is 17. The number of ether oxygens (including phenoxy) is 2. The molecule has 7 heteroatoms. The third-order valence-corrected chi connectivity index (χ3v) is 11.5. The normalized spacial score (nSPS) is 16.3. The predicted octanol–water partition coefficient (Wildman–Crippen LogP) is 12.0. The summed E-state index contributed by atoms with van der Waals surface area (Å²) in [6, 6.07) is 12.2. The third kappa shape index (κ3) is 7.25. The molecule has 0 saturated heterocycles. The zero-order valence-corrected chi connectivity index (χ0v) is 29.6. The van der Waals surface area contributed by atoms with Crippen molar-refractivity contribution in [3.8, 4) is 23.0 Å². The van der Waals surface area contributed by atoms with Crippen molar-refractivity contribution in [2.75, 3.05) is 0 Å². The SMILES string of the molecule is CCCCCCCCCCCCCCCCCCc1c(O)c(Br)c(Br)c2c1Oc1cc(O)ccc1C21OC(=O)c2ccccc21. The Morgan fingerprint density at radius 2 is 1.29 bits per heavy atom. The Bertz CT molecular complexity index is 1490. The van der Waals surface area contributed by atoms with Gasteiger partial charge in [0.1, 0.15) is 23.0 Å². The van der Waals surface area contributed by atoms with E-state index in [1.54, 1.807) is 24.3 Å². The highest BCUT2D eigenvalue weighted by atomic mass is 79.9. The van der Waals surface area contributed by atoms with E-state index in [4.69, 9.17) is 9.47 Å². The molecule has 0 saturated carbocycles. The maximum Gasteiger partial charge on any atom is 0.340 e. The van der Waals surface area contributed by atoms with E-state index < -0.39 is 11.6 Å². The average Bonchev–Trinajstić information content (AvgIpc) is 3.32. The molecule has 3 aromatic rings. The van der Waals surface area contributed by atoms with Gasteiger partial charge in [0.15, 0.2) is 5.60 Å². The molecule has 0 bridgehead atoms. The zero-order valence-electron chi connectivity index (χ0n) is 26.4. The number of esters is 1. The van der Waals surface area contributed by atoms with E-state index in [1.807, 2.05) is 18.2 Å². The largest absolute Gasteiger partial charge is 0.508 e. The number of fused-ring (bicyclic) bond motifs is 6. The van der Waals surface area contributed by atoms with E-state index in [-0.39, 0.29) is 11.5 Å². The molecule has 5 nitrogen and oxygen atoms in total. The topological polar surface area (TPSA) is 76.0 Å². The van der Waals surface area contributed by atoms with Gasteiger partial charge in [0, 0.05) is 27.2 Å². The molecular formula is C38H46Br2O5. The first-order valence-electron chi connectivity index (χ1n) is 17.0. The van der Waals surface area contributed by atoms with Gasteiger partial charge in [0.2, 0.25) is 0 Å². The molecule has 0 radical (unpaired) electrons. The summed E-state index contributed by atoms with van der Waals surface area (Å²) >= 11 is 7.30. The molecule has 5 rings (SSSR count). The summed E-state index contributed by atoms with van der Waals surface area (Å²) in [7, 11) is 0. The minimum absolute atomic E-state index is 0.0460. The summed E-state index contributed by atoms with van der Waals surface area (Å²) in [4.78, 5) is 13.2. The number of halogens is 2. The highest BCUT2D eigenvalue weighted by Crippen LogP contribution is 2.61. The molecule has 2 aliphatic rings. The van der Waals surface area contributed by atoms with E-state index in [9.17, 15) is 15.0 Å². The highest BCUT2D eigenvalue weighted by molar-refractivity contribution is 9.13. The van der Waals surface area contributed by atoms with Crippen LogP contribution in [0.1, 0.15) is 142 Å². The van der Waals surface area contributed by atoms with Crippen LogP contribution in [0.3, 0.4) is 0 Å². The van der Waals surface area contributed by atoms with Crippen molar-refractivity contribution in [2.24, 2.45) is 0 Å². The molecule has 2 heterocycles. The molecular weight excluding hydrogens is 696 g/mol. The highest BCUT2D eigenvalue weighted by Gasteiger charge is 2.55. The van der Waals surface area contributed by atoms with Gasteiger partial charge in [-0.25, -0.2) is 4.79 Å². The summed E-state index contributed by atoms with van der Waals surface area (Å²) < 4.78 is 13.8. The van der Waals surface area contributed by atoms with Crippen molar-refractivity contribution >= 4 is 37.8 Å². The molecule has 1 atom stereocenters. The van der Waals surface area contributed by atoms with Crippen LogP contribution in [0, 0.1) is 0 Å². The number of benzene rings is 3. The molecule has 1 unspecified atom stereocenters. The molecule has 2 N–H and O–H groups in total. The fourth-order valence-corrected chi connectivity index (χ4v) is 8.03. The number of unbranched alkanes of at least 4 members (excludes halogenated alkanes) is 15. The molecule has 0 fully saturated rings. The molecule has 242 valence electrons. The number of carbonyl (C=O) groups is 1. The Kier molecular flexibility index (Phi) is 11.9. The lowest BCUT2D eigenvalue weighted by Crippen LogP contribution is -2.34. The van der Waals surface area contributed by atoms with Crippen LogP contribution in [-0.4, -0.2) is 16.2 Å². The quantitative estimate of drug-likeness (QED) is 0.106. The van der Waals surface area contributed by atoms with Crippen LogP contribution in [0.15, 0.2) is 51.4 Å². The number of phenols is 2. The third-order valence-electron chi connectivity index (χ3n) is 9.37. The predicted molar refractivity (Wildman–Crippen MR) is 187 cm³/mol. The van der Waals surface area contributed by atoms with E-state index in [0.29, 0.717) is 54.7 Å². The van der Waals surface area contributed by atoms with Gasteiger partial charge in [-0.05, 0) is 62.9 Å². The minimum atomic E-state index is -1.29. The second kappa shape index (κ2) is 15.9. The smallest absolute Gasteiger partial charge is 0.340 e. The van der Waals surface area contributed by atoms with Crippen LogP contribution in [0.2, 0.25) is 0 Å². The van der Waals surface area contributed by atoms with Crippen molar-refractivity contribution < 1.29 is 24.5 Å². The van der Waals surface area contributed by atoms with Crippen molar-refractivity contribution in [1.29, 1.82) is 0 Å². The van der Waals surface area contributed by atoms with E-state index in [1.165, 1.54) is 83.5 Å².